The topological polar surface area (TPSA) is 102 Å². The Kier molecular flexibility index (Phi) is 9.39. The average molecular weight is 404 g/mol. The Labute approximate surface area is 155 Å². The second kappa shape index (κ2) is 10.7. The van der Waals surface area contributed by atoms with E-state index in [4.69, 9.17) is 9.47 Å². The number of carbonyl (C=O) groups excluding carboxylic acids is 1. The second-order valence-electron chi connectivity index (χ2n) is 5.53. The average Bonchev–Trinajstić information content (AvgIpc) is 2.58. The minimum absolute atomic E-state index is 0.142. The fourth-order valence-corrected chi connectivity index (χ4v) is 4.32. The van der Waals surface area contributed by atoms with E-state index in [1.165, 1.54) is 5.80 Å². The maximum atomic E-state index is 12.5. The molecule has 0 radical (unpaired) electrons. The van der Waals surface area contributed by atoms with E-state index in [1.54, 1.807) is 13.8 Å². The molecule has 0 aliphatic rings. The molecular formula is C17H25O7PS. The molecule has 26 heavy (non-hydrogen) atoms. The molecule has 146 valence electrons. The summed E-state index contributed by atoms with van der Waals surface area (Å²) in [6.07, 6.45) is 1.02. The Morgan fingerprint density at radius 2 is 1.88 bits per heavy atom. The van der Waals surface area contributed by atoms with Gasteiger partial charge in [-0.05, 0) is 32.3 Å². The summed E-state index contributed by atoms with van der Waals surface area (Å²) in [6.45, 7) is 3.71. The summed E-state index contributed by atoms with van der Waals surface area (Å²) in [5, 5.41) is 0. The minimum Gasteiger partial charge on any atom is -0.629 e. The standard InChI is InChI=1S/C17H25O7PS/c1-4-22-16(18)17(23-5-2,12-11-15-9-7-6-8-10-15)13-25(19)14-24-26(3,20)21/h6-10,13H,4-5,11-12,14H2,1-3H3. The molecule has 0 spiro atoms. The molecule has 7 nitrogen and oxygen atoms in total. The van der Waals surface area contributed by atoms with Gasteiger partial charge in [0.05, 0.1) is 20.6 Å². The third-order valence-corrected chi connectivity index (χ3v) is 5.21. The van der Waals surface area contributed by atoms with Crippen molar-refractivity contribution in [1.82, 2.24) is 0 Å². The Morgan fingerprint density at radius 3 is 2.42 bits per heavy atom. The van der Waals surface area contributed by atoms with Crippen molar-refractivity contribution in [2.45, 2.75) is 32.3 Å². The molecule has 0 amide bonds. The molecule has 0 fully saturated rings. The lowest BCUT2D eigenvalue weighted by atomic mass is 9.96. The number of hydrogen-bond donors (Lipinski definition) is 0. The first-order valence-corrected chi connectivity index (χ1v) is 11.5. The molecule has 1 aromatic carbocycles. The van der Waals surface area contributed by atoms with Gasteiger partial charge in [-0.1, -0.05) is 30.3 Å². The van der Waals surface area contributed by atoms with Crippen LogP contribution >= 0.6 is 7.77 Å². The van der Waals surface area contributed by atoms with Crippen LogP contribution in [0.4, 0.5) is 0 Å². The van der Waals surface area contributed by atoms with Crippen molar-refractivity contribution in [2.75, 3.05) is 25.8 Å². The van der Waals surface area contributed by atoms with E-state index < -0.39 is 35.8 Å². The summed E-state index contributed by atoms with van der Waals surface area (Å²) >= 11 is 0. The predicted molar refractivity (Wildman–Crippen MR) is 99.5 cm³/mol. The van der Waals surface area contributed by atoms with E-state index >= 15 is 0 Å². The van der Waals surface area contributed by atoms with Crippen molar-refractivity contribution in [3.63, 3.8) is 0 Å². The van der Waals surface area contributed by atoms with E-state index in [9.17, 15) is 18.1 Å². The van der Waals surface area contributed by atoms with Gasteiger partial charge in [0.25, 0.3) is 10.1 Å². The van der Waals surface area contributed by atoms with E-state index in [1.807, 2.05) is 30.3 Å². The summed E-state index contributed by atoms with van der Waals surface area (Å²) in [5.41, 5.74) is -0.550. The highest BCUT2D eigenvalue weighted by molar-refractivity contribution is 7.86. The molecule has 1 aromatic rings. The van der Waals surface area contributed by atoms with Gasteiger partial charge in [0.2, 0.25) is 11.9 Å². The molecule has 9 heteroatoms. The predicted octanol–water partition coefficient (Wildman–Crippen LogP) is 1.45. The fourth-order valence-electron chi connectivity index (χ4n) is 2.29. The van der Waals surface area contributed by atoms with Crippen molar-refractivity contribution in [1.29, 1.82) is 0 Å². The number of ether oxygens (including phenoxy) is 2. The number of esters is 1. The number of rotatable bonds is 11. The van der Waals surface area contributed by atoms with Crippen LogP contribution in [0.5, 0.6) is 0 Å². The normalized spacial score (nSPS) is 14.7. The van der Waals surface area contributed by atoms with E-state index in [2.05, 4.69) is 4.18 Å². The fraction of sp³-hybridized carbons (Fsp3) is 0.529. The summed E-state index contributed by atoms with van der Waals surface area (Å²) in [5.74, 6) is 0.554. The number of carbonyl (C=O) groups is 1. The van der Waals surface area contributed by atoms with Gasteiger partial charge in [0.1, 0.15) is 5.80 Å². The molecule has 0 saturated carbocycles. The van der Waals surface area contributed by atoms with Crippen molar-refractivity contribution < 1.29 is 31.8 Å². The summed E-state index contributed by atoms with van der Waals surface area (Å²) < 4.78 is 37.5. The summed E-state index contributed by atoms with van der Waals surface area (Å²) in [7, 11) is -6.00. The molecule has 0 N–H and O–H groups in total. The lowest BCUT2D eigenvalue weighted by Crippen LogP contribution is -2.45. The number of benzene rings is 1. The van der Waals surface area contributed by atoms with Gasteiger partial charge >= 0.3 is 5.97 Å². The molecule has 0 heterocycles. The zero-order chi connectivity index (χ0) is 19.6. The second-order valence-corrected chi connectivity index (χ2v) is 8.52. The lowest BCUT2D eigenvalue weighted by Gasteiger charge is -2.26. The zero-order valence-corrected chi connectivity index (χ0v) is 16.9. The first-order chi connectivity index (χ1) is 12.2. The maximum Gasteiger partial charge on any atom is 0.346 e. The summed E-state index contributed by atoms with van der Waals surface area (Å²) in [4.78, 5) is 24.9. The molecule has 2 atom stereocenters. The Bertz CT molecular complexity index is 703. The molecule has 0 saturated heterocycles. The first-order valence-electron chi connectivity index (χ1n) is 8.21. The van der Waals surface area contributed by atoms with Crippen molar-refractivity contribution in [3.05, 3.63) is 35.9 Å². The van der Waals surface area contributed by atoms with Gasteiger partial charge < -0.3 is 14.4 Å². The van der Waals surface area contributed by atoms with Crippen LogP contribution in [0.25, 0.3) is 0 Å². The number of hydrogen-bond acceptors (Lipinski definition) is 7. The van der Waals surface area contributed by atoms with Gasteiger partial charge in [0, 0.05) is 6.61 Å². The van der Waals surface area contributed by atoms with Crippen LogP contribution in [-0.4, -0.2) is 51.6 Å². The molecule has 0 aliphatic carbocycles. The first kappa shape index (κ1) is 22.7. The van der Waals surface area contributed by atoms with Crippen LogP contribution in [0, 0.1) is 0 Å². The monoisotopic (exact) mass is 404 g/mol. The number of aryl methyl sites for hydroxylation is 1. The minimum atomic E-state index is -3.73. The van der Waals surface area contributed by atoms with Gasteiger partial charge in [-0.15, -0.1) is 0 Å². The quantitative estimate of drug-likeness (QED) is 0.312. The largest absolute Gasteiger partial charge is 0.629 e. The summed E-state index contributed by atoms with van der Waals surface area (Å²) in [6, 6.07) is 9.47. The van der Waals surface area contributed by atoms with Gasteiger partial charge in [-0.3, -0.25) is 0 Å². The van der Waals surface area contributed by atoms with E-state index in [0.717, 1.165) is 11.8 Å². The Balaban J connectivity index is 3.09. The highest BCUT2D eigenvalue weighted by Crippen LogP contribution is 2.25. The van der Waals surface area contributed by atoms with E-state index in [-0.39, 0.29) is 19.6 Å². The highest BCUT2D eigenvalue weighted by Gasteiger charge is 2.42. The van der Waals surface area contributed by atoms with Crippen LogP contribution in [-0.2, 0) is 35.0 Å². The molecule has 0 aromatic heterocycles. The smallest absolute Gasteiger partial charge is 0.346 e. The molecule has 1 rings (SSSR count). The molecule has 0 bridgehead atoms. The molecular weight excluding hydrogens is 379 g/mol. The van der Waals surface area contributed by atoms with Crippen LogP contribution < -0.4 is 4.89 Å². The van der Waals surface area contributed by atoms with Crippen LogP contribution in [0.1, 0.15) is 25.8 Å². The van der Waals surface area contributed by atoms with Crippen LogP contribution in [0.2, 0.25) is 0 Å². The van der Waals surface area contributed by atoms with Crippen molar-refractivity contribution >= 4 is 29.7 Å². The Hall–Kier alpha value is -1.31. The lowest BCUT2D eigenvalue weighted by molar-refractivity contribution is -0.164. The van der Waals surface area contributed by atoms with Crippen molar-refractivity contribution in [3.8, 4) is 0 Å². The van der Waals surface area contributed by atoms with Gasteiger partial charge in [0.15, 0.2) is 0 Å². The van der Waals surface area contributed by atoms with Crippen LogP contribution in [0.3, 0.4) is 0 Å². The van der Waals surface area contributed by atoms with Crippen molar-refractivity contribution in [2.24, 2.45) is 0 Å². The highest BCUT2D eigenvalue weighted by atomic mass is 32.2. The van der Waals surface area contributed by atoms with Gasteiger partial charge in [-0.25, -0.2) is 8.98 Å². The zero-order valence-electron chi connectivity index (χ0n) is 15.2. The third-order valence-electron chi connectivity index (χ3n) is 3.40. The third kappa shape index (κ3) is 7.93. The Morgan fingerprint density at radius 1 is 1.23 bits per heavy atom. The maximum absolute atomic E-state index is 12.5. The molecule has 0 aliphatic heterocycles. The molecule has 2 unspecified atom stereocenters. The van der Waals surface area contributed by atoms with Gasteiger partial charge in [-0.2, -0.15) is 8.42 Å². The van der Waals surface area contributed by atoms with Crippen LogP contribution in [0.15, 0.2) is 30.3 Å². The van der Waals surface area contributed by atoms with E-state index in [0.29, 0.717) is 6.42 Å². The SMILES string of the molecule is CCOC(=O)C(C=[P+]([O-])COS(C)(=O)=O)(CCc1ccccc1)OCC.